The molecule has 178 valence electrons. The lowest BCUT2D eigenvalue weighted by Gasteiger charge is -2.39. The van der Waals surface area contributed by atoms with E-state index < -0.39 is 5.60 Å². The molecule has 0 aromatic heterocycles. The second kappa shape index (κ2) is 10.7. The van der Waals surface area contributed by atoms with Crippen molar-refractivity contribution in [2.24, 2.45) is 0 Å². The van der Waals surface area contributed by atoms with Crippen LogP contribution in [0.4, 0.5) is 4.79 Å². The fourth-order valence-corrected chi connectivity index (χ4v) is 4.13. The number of piperidine rings is 1. The fourth-order valence-electron chi connectivity index (χ4n) is 4.13. The molecule has 0 radical (unpaired) electrons. The van der Waals surface area contributed by atoms with Gasteiger partial charge in [0.25, 0.3) is 0 Å². The molecule has 0 N–H and O–H groups in total. The lowest BCUT2D eigenvalue weighted by Crippen LogP contribution is -2.49. The summed E-state index contributed by atoms with van der Waals surface area (Å²) in [6.45, 7) is 9.41. The van der Waals surface area contributed by atoms with Gasteiger partial charge in [0.05, 0.1) is 13.5 Å². The minimum absolute atomic E-state index is 0.0787. The third-order valence-corrected chi connectivity index (χ3v) is 5.83. The van der Waals surface area contributed by atoms with Crippen LogP contribution in [0.1, 0.15) is 50.3 Å². The summed E-state index contributed by atoms with van der Waals surface area (Å²) in [7, 11) is 1.63. The Hall–Kier alpha value is -3.02. The highest BCUT2D eigenvalue weighted by Crippen LogP contribution is 2.23. The molecule has 1 saturated heterocycles. The van der Waals surface area contributed by atoms with Crippen LogP contribution in [0, 0.1) is 6.92 Å². The number of nitrogens with zero attached hydrogens (tertiary/aromatic N) is 2. The predicted molar refractivity (Wildman–Crippen MR) is 129 cm³/mol. The molecule has 2 amide bonds. The van der Waals surface area contributed by atoms with Crippen molar-refractivity contribution in [2.45, 2.75) is 65.1 Å². The van der Waals surface area contributed by atoms with Gasteiger partial charge in [-0.1, -0.05) is 42.0 Å². The first-order valence-corrected chi connectivity index (χ1v) is 11.6. The van der Waals surface area contributed by atoms with E-state index in [1.54, 1.807) is 12.0 Å². The van der Waals surface area contributed by atoms with Crippen LogP contribution < -0.4 is 4.74 Å². The Bertz CT molecular complexity index is 941. The van der Waals surface area contributed by atoms with E-state index in [9.17, 15) is 9.59 Å². The summed E-state index contributed by atoms with van der Waals surface area (Å²) in [4.78, 5) is 29.6. The smallest absolute Gasteiger partial charge is 0.410 e. The number of ether oxygens (including phenoxy) is 2. The average Bonchev–Trinajstić information content (AvgIpc) is 2.77. The van der Waals surface area contributed by atoms with E-state index in [0.717, 1.165) is 29.7 Å². The third kappa shape index (κ3) is 7.24. The standard InChI is InChI=1S/C27H36N2O4/c1-20-7-6-8-22(17-20)19-29(25(30)18-21-9-11-24(32-5)12-10-21)23-13-15-28(16-14-23)26(31)33-27(2,3)4/h6-12,17,23H,13-16,18-19H2,1-5H3. The van der Waals surface area contributed by atoms with Crippen molar-refractivity contribution in [1.29, 1.82) is 0 Å². The predicted octanol–water partition coefficient (Wildman–Crippen LogP) is 4.97. The summed E-state index contributed by atoms with van der Waals surface area (Å²) in [6, 6.07) is 16.0. The van der Waals surface area contributed by atoms with Crippen molar-refractivity contribution in [1.82, 2.24) is 9.80 Å². The van der Waals surface area contributed by atoms with Crippen LogP contribution in [0.2, 0.25) is 0 Å². The maximum Gasteiger partial charge on any atom is 0.410 e. The van der Waals surface area contributed by atoms with Crippen LogP contribution in [0.3, 0.4) is 0 Å². The molecule has 2 aromatic carbocycles. The van der Waals surface area contributed by atoms with Crippen molar-refractivity contribution in [3.05, 3.63) is 65.2 Å². The molecule has 0 saturated carbocycles. The van der Waals surface area contributed by atoms with Gasteiger partial charge in [-0.3, -0.25) is 4.79 Å². The topological polar surface area (TPSA) is 59.1 Å². The van der Waals surface area contributed by atoms with Crippen LogP contribution in [0.5, 0.6) is 5.75 Å². The van der Waals surface area contributed by atoms with Crippen LogP contribution in [0.25, 0.3) is 0 Å². The first-order valence-electron chi connectivity index (χ1n) is 11.6. The number of carbonyl (C=O) groups excluding carboxylic acids is 2. The highest BCUT2D eigenvalue weighted by Gasteiger charge is 2.31. The summed E-state index contributed by atoms with van der Waals surface area (Å²) in [5.74, 6) is 0.870. The Balaban J connectivity index is 1.71. The summed E-state index contributed by atoms with van der Waals surface area (Å²) < 4.78 is 10.8. The number of amides is 2. The molecule has 0 bridgehead atoms. The van der Waals surface area contributed by atoms with Gasteiger partial charge >= 0.3 is 6.09 Å². The number of methoxy groups -OCH3 is 1. The van der Waals surface area contributed by atoms with Crippen LogP contribution in [-0.4, -0.2) is 53.6 Å². The molecule has 1 aliphatic heterocycles. The summed E-state index contributed by atoms with van der Waals surface area (Å²) >= 11 is 0. The molecular formula is C27H36N2O4. The van der Waals surface area contributed by atoms with Gasteiger partial charge in [-0.2, -0.15) is 0 Å². The Morgan fingerprint density at radius 1 is 1.03 bits per heavy atom. The lowest BCUT2D eigenvalue weighted by atomic mass is 10.0. The molecule has 33 heavy (non-hydrogen) atoms. The Labute approximate surface area is 197 Å². The van der Waals surface area contributed by atoms with E-state index in [-0.39, 0.29) is 18.0 Å². The Morgan fingerprint density at radius 3 is 2.27 bits per heavy atom. The highest BCUT2D eigenvalue weighted by atomic mass is 16.6. The number of aryl methyl sites for hydroxylation is 1. The van der Waals surface area contributed by atoms with Crippen molar-refractivity contribution >= 4 is 12.0 Å². The normalized spacial score (nSPS) is 14.6. The van der Waals surface area contributed by atoms with E-state index in [4.69, 9.17) is 9.47 Å². The first kappa shape index (κ1) is 24.6. The maximum atomic E-state index is 13.4. The zero-order valence-electron chi connectivity index (χ0n) is 20.5. The quantitative estimate of drug-likeness (QED) is 0.621. The number of benzene rings is 2. The van der Waals surface area contributed by atoms with Gasteiger partial charge < -0.3 is 19.3 Å². The molecule has 0 aliphatic carbocycles. The molecular weight excluding hydrogens is 416 g/mol. The van der Waals surface area contributed by atoms with Crippen molar-refractivity contribution < 1.29 is 19.1 Å². The van der Waals surface area contributed by atoms with Crippen LogP contribution >= 0.6 is 0 Å². The monoisotopic (exact) mass is 452 g/mol. The second-order valence-electron chi connectivity index (χ2n) is 9.73. The lowest BCUT2D eigenvalue weighted by molar-refractivity contribution is -0.134. The number of likely N-dealkylation sites (tertiary alicyclic amines) is 1. The molecule has 2 aromatic rings. The SMILES string of the molecule is COc1ccc(CC(=O)N(Cc2cccc(C)c2)C2CCN(C(=O)OC(C)(C)C)CC2)cc1. The largest absolute Gasteiger partial charge is 0.497 e. The Kier molecular flexibility index (Phi) is 8.01. The molecule has 6 heteroatoms. The third-order valence-electron chi connectivity index (χ3n) is 5.83. The number of carbonyl (C=O) groups is 2. The van der Waals surface area contributed by atoms with Crippen molar-refractivity contribution in [2.75, 3.05) is 20.2 Å². The number of hydrogen-bond donors (Lipinski definition) is 0. The van der Waals surface area contributed by atoms with Gasteiger partial charge in [0.1, 0.15) is 11.4 Å². The zero-order valence-corrected chi connectivity index (χ0v) is 20.5. The Morgan fingerprint density at radius 2 is 1.70 bits per heavy atom. The summed E-state index contributed by atoms with van der Waals surface area (Å²) in [6.07, 6.45) is 1.52. The number of hydrogen-bond acceptors (Lipinski definition) is 4. The molecule has 0 atom stereocenters. The van der Waals surface area contributed by atoms with Crippen LogP contribution in [-0.2, 0) is 22.5 Å². The molecule has 3 rings (SSSR count). The van der Waals surface area contributed by atoms with E-state index >= 15 is 0 Å². The molecule has 6 nitrogen and oxygen atoms in total. The van der Waals surface area contributed by atoms with Gasteiger partial charge in [-0.15, -0.1) is 0 Å². The summed E-state index contributed by atoms with van der Waals surface area (Å²) in [5, 5.41) is 0. The molecule has 0 unspecified atom stereocenters. The minimum atomic E-state index is -0.514. The molecule has 1 fully saturated rings. The maximum absolute atomic E-state index is 13.4. The van der Waals surface area contributed by atoms with E-state index in [1.165, 1.54) is 5.56 Å². The van der Waals surface area contributed by atoms with Gasteiger partial charge in [0.2, 0.25) is 5.91 Å². The van der Waals surface area contributed by atoms with E-state index in [1.807, 2.05) is 56.0 Å². The second-order valence-corrected chi connectivity index (χ2v) is 9.73. The van der Waals surface area contributed by atoms with Crippen molar-refractivity contribution in [3.63, 3.8) is 0 Å². The summed E-state index contributed by atoms with van der Waals surface area (Å²) in [5.41, 5.74) is 2.74. The molecule has 0 spiro atoms. The zero-order chi connectivity index (χ0) is 24.0. The van der Waals surface area contributed by atoms with E-state index in [0.29, 0.717) is 26.1 Å². The number of rotatable bonds is 6. The average molecular weight is 453 g/mol. The van der Waals surface area contributed by atoms with Gasteiger partial charge in [-0.05, 0) is 63.8 Å². The van der Waals surface area contributed by atoms with Crippen molar-refractivity contribution in [3.8, 4) is 5.75 Å². The van der Waals surface area contributed by atoms with Gasteiger partial charge in [0, 0.05) is 25.7 Å². The minimum Gasteiger partial charge on any atom is -0.497 e. The van der Waals surface area contributed by atoms with E-state index in [2.05, 4.69) is 25.1 Å². The fraction of sp³-hybridized carbons (Fsp3) is 0.481. The van der Waals surface area contributed by atoms with Gasteiger partial charge in [-0.25, -0.2) is 4.79 Å². The van der Waals surface area contributed by atoms with Gasteiger partial charge in [0.15, 0.2) is 0 Å². The first-order chi connectivity index (χ1) is 15.6. The van der Waals surface area contributed by atoms with Crippen LogP contribution in [0.15, 0.2) is 48.5 Å². The highest BCUT2D eigenvalue weighted by molar-refractivity contribution is 5.79. The molecule has 1 heterocycles. The molecule has 1 aliphatic rings.